The van der Waals surface area contributed by atoms with Crippen molar-refractivity contribution in [1.29, 1.82) is 0 Å². The summed E-state index contributed by atoms with van der Waals surface area (Å²) >= 11 is 0. The highest BCUT2D eigenvalue weighted by molar-refractivity contribution is 5.96. The van der Waals surface area contributed by atoms with Crippen molar-refractivity contribution >= 4 is 30.1 Å². The lowest BCUT2D eigenvalue weighted by Gasteiger charge is -2.26. The maximum absolute atomic E-state index is 14.2. The van der Waals surface area contributed by atoms with Crippen molar-refractivity contribution in [2.24, 2.45) is 5.92 Å². The van der Waals surface area contributed by atoms with Crippen molar-refractivity contribution < 1.29 is 23.6 Å². The summed E-state index contributed by atoms with van der Waals surface area (Å²) in [5.74, 6) is -2.18. The minimum atomic E-state index is -1.12. The summed E-state index contributed by atoms with van der Waals surface area (Å²) in [6.45, 7) is 0.598. The second-order valence-electron chi connectivity index (χ2n) is 8.22. The molecule has 1 aliphatic heterocycles. The molecule has 3 rings (SSSR count). The lowest BCUT2D eigenvalue weighted by molar-refractivity contribution is -0.130. The van der Waals surface area contributed by atoms with Gasteiger partial charge < -0.3 is 20.7 Å². The summed E-state index contributed by atoms with van der Waals surface area (Å²) in [4.78, 5) is 49.2. The van der Waals surface area contributed by atoms with Gasteiger partial charge in [0.1, 0.15) is 18.1 Å². The van der Waals surface area contributed by atoms with E-state index < -0.39 is 29.7 Å². The van der Waals surface area contributed by atoms with Gasteiger partial charge >= 0.3 is 0 Å². The minimum Gasteiger partial charge on any atom is -0.356 e. The summed E-state index contributed by atoms with van der Waals surface area (Å²) in [5, 5.41) is 7.97. The van der Waals surface area contributed by atoms with E-state index in [-0.39, 0.29) is 30.2 Å². The van der Waals surface area contributed by atoms with E-state index in [1.807, 2.05) is 30.3 Å². The van der Waals surface area contributed by atoms with Crippen LogP contribution >= 0.6 is 0 Å². The Hall–Kier alpha value is -3.81. The first-order valence-corrected chi connectivity index (χ1v) is 11.3. The van der Waals surface area contributed by atoms with E-state index in [4.69, 9.17) is 0 Å². The van der Waals surface area contributed by atoms with Gasteiger partial charge in [0, 0.05) is 25.0 Å². The number of carbonyl (C=O) groups is 4. The van der Waals surface area contributed by atoms with Gasteiger partial charge in [-0.05, 0) is 42.5 Å². The molecule has 8 heteroatoms. The van der Waals surface area contributed by atoms with Gasteiger partial charge in [-0.3, -0.25) is 14.4 Å². The van der Waals surface area contributed by atoms with Crippen LogP contribution in [-0.2, 0) is 25.6 Å². The quantitative estimate of drug-likeness (QED) is 0.370. The number of hydrogen-bond acceptors (Lipinski definition) is 4. The highest BCUT2D eigenvalue weighted by Crippen LogP contribution is 2.17. The van der Waals surface area contributed by atoms with Gasteiger partial charge in [-0.25, -0.2) is 4.39 Å². The van der Waals surface area contributed by atoms with Gasteiger partial charge in [-0.1, -0.05) is 48.5 Å². The van der Waals surface area contributed by atoms with E-state index in [0.717, 1.165) is 12.0 Å². The highest BCUT2D eigenvalue weighted by atomic mass is 19.1. The van der Waals surface area contributed by atoms with Crippen LogP contribution in [0.3, 0.4) is 0 Å². The molecule has 0 radical (unpaired) electrons. The molecule has 178 valence electrons. The Morgan fingerprint density at radius 2 is 1.82 bits per heavy atom. The van der Waals surface area contributed by atoms with Crippen molar-refractivity contribution in [2.75, 3.05) is 6.54 Å². The standard InChI is InChI=1S/C26H28FN3O4/c27-22-11-5-4-9-19(22)16-23(30-24(32)13-12-18-7-2-1-3-8-18)26(34)29-21(17-31)15-20-10-6-14-28-25(20)33/h1-5,7-9,11-13,17,20-21,23H,6,10,14-16H2,(H,28,33)(H,29,34)(H,30,32)/t20-,21-,23-/m0/s1. The first kappa shape index (κ1) is 24.8. The summed E-state index contributed by atoms with van der Waals surface area (Å²) < 4.78 is 14.2. The lowest BCUT2D eigenvalue weighted by Crippen LogP contribution is -2.52. The first-order chi connectivity index (χ1) is 16.5. The predicted molar refractivity (Wildman–Crippen MR) is 126 cm³/mol. The van der Waals surface area contributed by atoms with Crippen LogP contribution in [0.25, 0.3) is 6.08 Å². The van der Waals surface area contributed by atoms with Gasteiger partial charge in [-0.2, -0.15) is 0 Å². The van der Waals surface area contributed by atoms with E-state index >= 15 is 0 Å². The van der Waals surface area contributed by atoms with Crippen LogP contribution in [0.15, 0.2) is 60.7 Å². The molecule has 7 nitrogen and oxygen atoms in total. The number of benzene rings is 2. The molecule has 2 aromatic rings. The molecule has 0 saturated carbocycles. The van der Waals surface area contributed by atoms with E-state index in [1.165, 1.54) is 24.3 Å². The molecule has 0 spiro atoms. The van der Waals surface area contributed by atoms with E-state index in [2.05, 4.69) is 16.0 Å². The van der Waals surface area contributed by atoms with E-state index in [9.17, 15) is 23.6 Å². The molecule has 1 saturated heterocycles. The third-order valence-electron chi connectivity index (χ3n) is 5.67. The number of halogens is 1. The summed E-state index contributed by atoms with van der Waals surface area (Å²) in [7, 11) is 0. The van der Waals surface area contributed by atoms with Crippen LogP contribution in [0.2, 0.25) is 0 Å². The molecule has 34 heavy (non-hydrogen) atoms. The zero-order valence-electron chi connectivity index (χ0n) is 18.7. The largest absolute Gasteiger partial charge is 0.356 e. The molecular weight excluding hydrogens is 437 g/mol. The monoisotopic (exact) mass is 465 g/mol. The van der Waals surface area contributed by atoms with Crippen LogP contribution in [0.4, 0.5) is 4.39 Å². The summed E-state index contributed by atoms with van der Waals surface area (Å²) in [6.07, 6.45) is 4.97. The molecule has 3 N–H and O–H groups in total. The maximum Gasteiger partial charge on any atom is 0.244 e. The molecule has 0 aliphatic carbocycles. The molecule has 1 fully saturated rings. The number of rotatable bonds is 10. The van der Waals surface area contributed by atoms with Gasteiger partial charge in [0.05, 0.1) is 6.04 Å². The van der Waals surface area contributed by atoms with E-state index in [0.29, 0.717) is 19.3 Å². The molecule has 2 aromatic carbocycles. The van der Waals surface area contributed by atoms with Crippen LogP contribution in [0.1, 0.15) is 30.4 Å². The van der Waals surface area contributed by atoms with Crippen molar-refractivity contribution in [3.05, 3.63) is 77.6 Å². The molecule has 3 atom stereocenters. The predicted octanol–water partition coefficient (Wildman–Crippen LogP) is 2.17. The van der Waals surface area contributed by atoms with Gasteiger partial charge in [0.25, 0.3) is 0 Å². The lowest BCUT2D eigenvalue weighted by atomic mass is 9.92. The van der Waals surface area contributed by atoms with Crippen molar-refractivity contribution in [2.45, 2.75) is 37.8 Å². The minimum absolute atomic E-state index is 0.0983. The average molecular weight is 466 g/mol. The normalized spacial score (nSPS) is 17.4. The molecule has 3 amide bonds. The number of piperidine rings is 1. The fourth-order valence-electron chi connectivity index (χ4n) is 3.85. The maximum atomic E-state index is 14.2. The second kappa shape index (κ2) is 12.4. The van der Waals surface area contributed by atoms with Crippen molar-refractivity contribution in [1.82, 2.24) is 16.0 Å². The van der Waals surface area contributed by atoms with Gasteiger partial charge in [0.2, 0.25) is 17.7 Å². The van der Waals surface area contributed by atoms with Crippen LogP contribution in [0.5, 0.6) is 0 Å². The number of amides is 3. The Labute approximate surface area is 197 Å². The molecule has 1 heterocycles. The third kappa shape index (κ3) is 7.37. The Kier molecular flexibility index (Phi) is 9.08. The number of hydrogen-bond donors (Lipinski definition) is 3. The molecule has 1 aliphatic rings. The Morgan fingerprint density at radius 1 is 1.09 bits per heavy atom. The number of nitrogens with one attached hydrogen (secondary N) is 3. The highest BCUT2D eigenvalue weighted by Gasteiger charge is 2.29. The second-order valence-corrected chi connectivity index (χ2v) is 8.22. The third-order valence-corrected chi connectivity index (χ3v) is 5.67. The van der Waals surface area contributed by atoms with Crippen LogP contribution < -0.4 is 16.0 Å². The number of carbonyl (C=O) groups excluding carboxylic acids is 4. The Balaban J connectivity index is 1.70. The molecule has 0 unspecified atom stereocenters. The fraction of sp³-hybridized carbons (Fsp3) is 0.308. The Bertz CT molecular complexity index is 1040. The number of aldehydes is 1. The average Bonchev–Trinajstić information content (AvgIpc) is 2.85. The van der Waals surface area contributed by atoms with Crippen molar-refractivity contribution in [3.8, 4) is 0 Å². The molecular formula is C26H28FN3O4. The van der Waals surface area contributed by atoms with Gasteiger partial charge in [-0.15, -0.1) is 0 Å². The van der Waals surface area contributed by atoms with Crippen molar-refractivity contribution in [3.63, 3.8) is 0 Å². The zero-order chi connectivity index (χ0) is 24.3. The molecule has 0 bridgehead atoms. The topological polar surface area (TPSA) is 104 Å². The van der Waals surface area contributed by atoms with Crippen LogP contribution in [0, 0.1) is 11.7 Å². The van der Waals surface area contributed by atoms with Gasteiger partial charge in [0.15, 0.2) is 0 Å². The summed E-state index contributed by atoms with van der Waals surface area (Å²) in [5.41, 5.74) is 1.06. The van der Waals surface area contributed by atoms with E-state index in [1.54, 1.807) is 12.1 Å². The first-order valence-electron chi connectivity index (χ1n) is 11.3. The summed E-state index contributed by atoms with van der Waals surface area (Å²) in [6, 6.07) is 13.1. The van der Waals surface area contributed by atoms with Crippen LogP contribution in [-0.4, -0.2) is 42.6 Å². The smallest absolute Gasteiger partial charge is 0.244 e. The zero-order valence-corrected chi connectivity index (χ0v) is 18.7. The Morgan fingerprint density at radius 3 is 2.53 bits per heavy atom. The fourth-order valence-corrected chi connectivity index (χ4v) is 3.85. The molecule has 0 aromatic heterocycles. The SMILES string of the molecule is O=C[C@H](C[C@@H]1CCCNC1=O)NC(=O)[C@H](Cc1ccccc1F)NC(=O)C=Cc1ccccc1.